The molecule has 0 radical (unpaired) electrons. The number of carbonyl (C=O) groups is 1. The van der Waals surface area contributed by atoms with Crippen LogP contribution in [-0.4, -0.2) is 41.8 Å². The summed E-state index contributed by atoms with van der Waals surface area (Å²) in [6.07, 6.45) is 4.39. The van der Waals surface area contributed by atoms with Crippen LogP contribution in [0, 0.1) is 17.8 Å². The van der Waals surface area contributed by atoms with Gasteiger partial charge in [0, 0.05) is 31.2 Å². The molecule has 1 aliphatic carbocycles. The Labute approximate surface area is 116 Å². The highest BCUT2D eigenvalue weighted by atomic mass is 32.2. The molecule has 0 bridgehead atoms. The van der Waals surface area contributed by atoms with E-state index in [1.807, 2.05) is 0 Å². The first kappa shape index (κ1) is 14.4. The van der Waals surface area contributed by atoms with Gasteiger partial charge in [0.2, 0.25) is 0 Å². The Kier molecular flexibility index (Phi) is 5.56. The zero-order valence-corrected chi connectivity index (χ0v) is 12.7. The number of ketones is 1. The third kappa shape index (κ3) is 3.99. The minimum Gasteiger partial charge on any atom is -0.302 e. The molecule has 3 heteroatoms. The van der Waals surface area contributed by atoms with Gasteiger partial charge >= 0.3 is 0 Å². The fourth-order valence-corrected chi connectivity index (χ4v) is 4.15. The van der Waals surface area contributed by atoms with E-state index in [-0.39, 0.29) is 0 Å². The molecule has 0 aromatic carbocycles. The lowest BCUT2D eigenvalue weighted by Gasteiger charge is -2.33. The van der Waals surface area contributed by atoms with Gasteiger partial charge in [0.25, 0.3) is 0 Å². The minimum atomic E-state index is 0.328. The summed E-state index contributed by atoms with van der Waals surface area (Å²) in [5.41, 5.74) is 0. The Morgan fingerprint density at radius 3 is 2.94 bits per heavy atom. The quantitative estimate of drug-likeness (QED) is 0.785. The average Bonchev–Trinajstić information content (AvgIpc) is 2.60. The summed E-state index contributed by atoms with van der Waals surface area (Å²) in [6, 6.07) is 0. The van der Waals surface area contributed by atoms with Crippen LogP contribution >= 0.6 is 11.8 Å². The normalized spacial score (nSPS) is 31.6. The maximum atomic E-state index is 12.1. The minimum absolute atomic E-state index is 0.328. The summed E-state index contributed by atoms with van der Waals surface area (Å²) < 4.78 is 0. The molecule has 1 saturated heterocycles. The van der Waals surface area contributed by atoms with Crippen molar-refractivity contribution in [3.63, 3.8) is 0 Å². The Morgan fingerprint density at radius 2 is 2.17 bits per heavy atom. The van der Waals surface area contributed by atoms with Crippen LogP contribution in [0.2, 0.25) is 0 Å². The van der Waals surface area contributed by atoms with Gasteiger partial charge in [-0.25, -0.2) is 0 Å². The Hall–Kier alpha value is -0.0200. The lowest BCUT2D eigenvalue weighted by Crippen LogP contribution is -2.38. The van der Waals surface area contributed by atoms with E-state index in [1.165, 1.54) is 31.0 Å². The van der Waals surface area contributed by atoms with E-state index in [0.717, 1.165) is 37.6 Å². The standard InChI is InChI=1S/C15H27NOS/c1-12(2)13-4-5-15(17)14(10-13)11-16-6-3-8-18-9-7-16/h12-14H,3-11H2,1-2H3. The van der Waals surface area contributed by atoms with Crippen LogP contribution in [0.3, 0.4) is 0 Å². The van der Waals surface area contributed by atoms with E-state index in [0.29, 0.717) is 11.7 Å². The van der Waals surface area contributed by atoms with Crippen molar-refractivity contribution in [1.29, 1.82) is 0 Å². The maximum absolute atomic E-state index is 12.1. The second-order valence-electron chi connectivity index (χ2n) is 6.21. The van der Waals surface area contributed by atoms with Crippen molar-refractivity contribution in [3.05, 3.63) is 0 Å². The van der Waals surface area contributed by atoms with Crippen LogP contribution in [0.15, 0.2) is 0 Å². The zero-order chi connectivity index (χ0) is 13.0. The van der Waals surface area contributed by atoms with Crippen LogP contribution in [0.1, 0.15) is 39.5 Å². The SMILES string of the molecule is CC(C)C1CCC(=O)C(CN2CCCSCC2)C1. The Balaban J connectivity index is 1.87. The van der Waals surface area contributed by atoms with Gasteiger partial charge in [0.05, 0.1) is 0 Å². The van der Waals surface area contributed by atoms with Gasteiger partial charge in [-0.2, -0.15) is 11.8 Å². The van der Waals surface area contributed by atoms with Crippen molar-refractivity contribution in [1.82, 2.24) is 4.90 Å². The van der Waals surface area contributed by atoms with E-state index >= 15 is 0 Å². The van der Waals surface area contributed by atoms with E-state index in [9.17, 15) is 4.79 Å². The first-order chi connectivity index (χ1) is 8.66. The van der Waals surface area contributed by atoms with Crippen molar-refractivity contribution in [2.45, 2.75) is 39.5 Å². The summed E-state index contributed by atoms with van der Waals surface area (Å²) in [4.78, 5) is 14.6. The number of Topliss-reactive ketones (excluding diaryl/α,β-unsaturated/α-hetero) is 1. The van der Waals surface area contributed by atoms with Gasteiger partial charge in [-0.1, -0.05) is 13.8 Å². The van der Waals surface area contributed by atoms with Crippen molar-refractivity contribution < 1.29 is 4.79 Å². The van der Waals surface area contributed by atoms with Gasteiger partial charge < -0.3 is 4.90 Å². The molecule has 18 heavy (non-hydrogen) atoms. The van der Waals surface area contributed by atoms with Gasteiger partial charge in [0.15, 0.2) is 0 Å². The highest BCUT2D eigenvalue weighted by Gasteiger charge is 2.31. The zero-order valence-electron chi connectivity index (χ0n) is 11.9. The molecule has 0 aromatic heterocycles. The predicted octanol–water partition coefficient (Wildman–Crippen LogP) is 3.07. The van der Waals surface area contributed by atoms with Crippen LogP contribution in [0.5, 0.6) is 0 Å². The molecule has 0 amide bonds. The largest absolute Gasteiger partial charge is 0.302 e. The Morgan fingerprint density at radius 1 is 1.33 bits per heavy atom. The van der Waals surface area contributed by atoms with Gasteiger partial charge in [-0.3, -0.25) is 4.79 Å². The summed E-state index contributed by atoms with van der Waals surface area (Å²) in [6.45, 7) is 8.02. The van der Waals surface area contributed by atoms with Crippen molar-refractivity contribution in [2.75, 3.05) is 31.1 Å². The smallest absolute Gasteiger partial charge is 0.137 e. The molecule has 2 atom stereocenters. The third-order valence-electron chi connectivity index (χ3n) is 4.54. The molecule has 0 aromatic rings. The molecule has 0 N–H and O–H groups in total. The first-order valence-corrected chi connectivity index (χ1v) is 8.65. The second-order valence-corrected chi connectivity index (χ2v) is 7.43. The molecule has 104 valence electrons. The molecule has 2 unspecified atom stereocenters. The highest BCUT2D eigenvalue weighted by Crippen LogP contribution is 2.32. The molecule has 1 saturated carbocycles. The number of hydrogen-bond donors (Lipinski definition) is 0. The number of nitrogens with zero attached hydrogens (tertiary/aromatic N) is 1. The van der Waals surface area contributed by atoms with E-state index in [4.69, 9.17) is 0 Å². The predicted molar refractivity (Wildman–Crippen MR) is 79.1 cm³/mol. The molecule has 2 fully saturated rings. The second kappa shape index (κ2) is 6.95. The van der Waals surface area contributed by atoms with Gasteiger partial charge in [-0.05, 0) is 43.4 Å². The molecule has 0 spiro atoms. The van der Waals surface area contributed by atoms with Crippen LogP contribution < -0.4 is 0 Å². The molecule has 2 aliphatic rings. The molecular weight excluding hydrogens is 242 g/mol. The third-order valence-corrected chi connectivity index (χ3v) is 5.59. The molecule has 1 aliphatic heterocycles. The molecule has 2 nitrogen and oxygen atoms in total. The van der Waals surface area contributed by atoms with E-state index in [1.54, 1.807) is 0 Å². The van der Waals surface area contributed by atoms with Gasteiger partial charge in [0.1, 0.15) is 5.78 Å². The van der Waals surface area contributed by atoms with Crippen molar-refractivity contribution in [2.24, 2.45) is 17.8 Å². The highest BCUT2D eigenvalue weighted by molar-refractivity contribution is 7.99. The average molecular weight is 269 g/mol. The van der Waals surface area contributed by atoms with Crippen molar-refractivity contribution in [3.8, 4) is 0 Å². The van der Waals surface area contributed by atoms with Crippen molar-refractivity contribution >= 4 is 17.5 Å². The molecule has 2 rings (SSSR count). The first-order valence-electron chi connectivity index (χ1n) is 7.49. The number of thioether (sulfide) groups is 1. The molecular formula is C15H27NOS. The van der Waals surface area contributed by atoms with E-state index in [2.05, 4.69) is 30.5 Å². The topological polar surface area (TPSA) is 20.3 Å². The Bertz CT molecular complexity index is 272. The summed E-state index contributed by atoms with van der Waals surface area (Å²) >= 11 is 2.06. The van der Waals surface area contributed by atoms with Gasteiger partial charge in [-0.15, -0.1) is 0 Å². The lowest BCUT2D eigenvalue weighted by atomic mass is 9.75. The number of rotatable bonds is 3. The van der Waals surface area contributed by atoms with Crippen LogP contribution in [0.4, 0.5) is 0 Å². The van der Waals surface area contributed by atoms with Crippen LogP contribution in [-0.2, 0) is 4.79 Å². The number of hydrogen-bond acceptors (Lipinski definition) is 3. The summed E-state index contributed by atoms with van der Waals surface area (Å²) in [7, 11) is 0. The number of carbonyl (C=O) groups excluding carboxylic acids is 1. The molecule has 1 heterocycles. The maximum Gasteiger partial charge on any atom is 0.137 e. The monoisotopic (exact) mass is 269 g/mol. The van der Waals surface area contributed by atoms with E-state index < -0.39 is 0 Å². The fourth-order valence-electron chi connectivity index (χ4n) is 3.22. The lowest BCUT2D eigenvalue weighted by molar-refractivity contribution is -0.126. The summed E-state index contributed by atoms with van der Waals surface area (Å²) in [5.74, 6) is 4.91. The van der Waals surface area contributed by atoms with Crippen LogP contribution in [0.25, 0.3) is 0 Å². The summed E-state index contributed by atoms with van der Waals surface area (Å²) in [5, 5.41) is 0. The fraction of sp³-hybridized carbons (Fsp3) is 0.933.